The minimum atomic E-state index is -0.932. The first-order chi connectivity index (χ1) is 29.1. The molecule has 0 heterocycles. The summed E-state index contributed by atoms with van der Waals surface area (Å²) < 4.78 is 2.71. The summed E-state index contributed by atoms with van der Waals surface area (Å²) in [5, 5.41) is 9.76. The summed E-state index contributed by atoms with van der Waals surface area (Å²) in [7, 11) is 5.12. The van der Waals surface area contributed by atoms with Crippen molar-refractivity contribution in [1.29, 1.82) is 0 Å². The number of unbranched alkanes of at least 4 members (excludes halogenated alkanes) is 32. The molecule has 0 fully saturated rings. The van der Waals surface area contributed by atoms with Crippen molar-refractivity contribution in [3.8, 4) is 0 Å². The zero-order chi connectivity index (χ0) is 45.1. The summed E-state index contributed by atoms with van der Waals surface area (Å²) in [6.45, 7) is 24.5. The molecule has 0 saturated heterocycles. The fourth-order valence-corrected chi connectivity index (χ4v) is 8.83. The Kier molecular flexibility index (Phi) is 61.6. The van der Waals surface area contributed by atoms with E-state index in [9.17, 15) is 9.90 Å². The summed E-state index contributed by atoms with van der Waals surface area (Å²) >= 11 is 0. The van der Waals surface area contributed by atoms with Gasteiger partial charge in [-0.05, 0) is 89.9 Å². The molecule has 0 spiro atoms. The number of carbonyl (C=O) groups excluding carboxylic acids is 1. The average molecular weight is 888 g/mol. The maximum absolute atomic E-state index is 9.76. The summed E-state index contributed by atoms with van der Waals surface area (Å²) in [6, 6.07) is 0. The number of rotatable bonds is 46. The summed E-state index contributed by atoms with van der Waals surface area (Å²) in [6.07, 6.45) is 54.8. The minimum absolute atomic E-state index is 0. The van der Waals surface area contributed by atoms with Crippen molar-refractivity contribution in [2.24, 2.45) is 0 Å². The third-order valence-corrected chi connectivity index (χ3v) is 13.3. The predicted octanol–water partition coefficient (Wildman–Crippen LogP) is 14.3. The molecule has 4 nitrogen and oxygen atoms in total. The molecule has 0 saturated carbocycles. The number of quaternary nitrogens is 2. The van der Waals surface area contributed by atoms with Crippen LogP contribution >= 0.6 is 0 Å². The zero-order valence-electron chi connectivity index (χ0n) is 44.1. The zero-order valence-corrected chi connectivity index (χ0v) is 44.9. The Bertz CT molecular complexity index is 657. The van der Waals surface area contributed by atoms with Crippen LogP contribution in [0.2, 0.25) is 0 Å². The van der Waals surface area contributed by atoms with E-state index >= 15 is 0 Å². The van der Waals surface area contributed by atoms with Crippen molar-refractivity contribution in [3.05, 3.63) is 0 Å². The standard InChI is InChI=1S/2C25H54N.C6H12O2.ClH/c2*1-5-8-11-14-17-20-23-26(4,24-21-18-15-12-9-6-2)25-22-19-16-13-10-7-3;1-2-3-4-5-6(7)8;/h2*5-25H2,1-4H3;2-5H2,1H3,(H,7,8);1H/q2*+1;;/p-2. The monoisotopic (exact) mass is 887 g/mol. The van der Waals surface area contributed by atoms with E-state index < -0.39 is 5.97 Å². The van der Waals surface area contributed by atoms with Crippen LogP contribution in [0.3, 0.4) is 0 Å². The molecule has 5 heteroatoms. The van der Waals surface area contributed by atoms with Gasteiger partial charge in [0.1, 0.15) is 0 Å². The van der Waals surface area contributed by atoms with Gasteiger partial charge in [0.05, 0.1) is 53.4 Å². The Morgan fingerprint density at radius 2 is 0.426 bits per heavy atom. The number of aliphatic carboxylic acids is 1. The van der Waals surface area contributed by atoms with Gasteiger partial charge in [-0.2, -0.15) is 0 Å². The van der Waals surface area contributed by atoms with Crippen molar-refractivity contribution < 1.29 is 31.3 Å². The third kappa shape index (κ3) is 57.7. The Morgan fingerprint density at radius 1 is 0.279 bits per heavy atom. The van der Waals surface area contributed by atoms with E-state index in [1.165, 1.54) is 279 Å². The lowest BCUT2D eigenvalue weighted by Crippen LogP contribution is -3.00. The molecule has 0 amide bonds. The van der Waals surface area contributed by atoms with Crippen molar-refractivity contribution >= 4 is 5.97 Å². The van der Waals surface area contributed by atoms with Gasteiger partial charge in [-0.25, -0.2) is 0 Å². The number of halogens is 1. The van der Waals surface area contributed by atoms with E-state index in [0.29, 0.717) is 0 Å². The summed E-state index contributed by atoms with van der Waals surface area (Å²) in [5.74, 6) is -0.932. The minimum Gasteiger partial charge on any atom is -1.00 e. The van der Waals surface area contributed by atoms with Gasteiger partial charge in [0, 0.05) is 5.97 Å². The second-order valence-corrected chi connectivity index (χ2v) is 20.0. The van der Waals surface area contributed by atoms with E-state index in [2.05, 4.69) is 55.6 Å². The molecular weight excluding hydrogens is 768 g/mol. The molecule has 0 aliphatic rings. The van der Waals surface area contributed by atoms with E-state index in [-0.39, 0.29) is 18.8 Å². The average Bonchev–Trinajstić information content (AvgIpc) is 3.23. The number of carboxylic acids is 1. The first-order valence-electron chi connectivity index (χ1n) is 28.0. The molecule has 0 atom stereocenters. The van der Waals surface area contributed by atoms with Gasteiger partial charge >= 0.3 is 0 Å². The molecule has 0 rings (SSSR count). The largest absolute Gasteiger partial charge is 1.00 e. The number of carboxylic acid groups (broad SMARTS) is 1. The molecule has 0 unspecified atom stereocenters. The molecule has 61 heavy (non-hydrogen) atoms. The van der Waals surface area contributed by atoms with Gasteiger partial charge in [0.25, 0.3) is 0 Å². The van der Waals surface area contributed by atoms with Gasteiger partial charge in [-0.1, -0.05) is 215 Å². The molecule has 372 valence electrons. The number of hydrogen-bond acceptors (Lipinski definition) is 2. The first-order valence-corrected chi connectivity index (χ1v) is 28.0. The van der Waals surface area contributed by atoms with Crippen LogP contribution in [-0.2, 0) is 4.79 Å². The Morgan fingerprint density at radius 3 is 0.590 bits per heavy atom. The molecule has 0 aromatic rings. The topological polar surface area (TPSA) is 40.1 Å². The van der Waals surface area contributed by atoms with E-state index in [1.54, 1.807) is 0 Å². The van der Waals surface area contributed by atoms with Gasteiger partial charge in [-0.3, -0.25) is 0 Å². The lowest BCUT2D eigenvalue weighted by Gasteiger charge is -2.35. The van der Waals surface area contributed by atoms with Crippen LogP contribution in [-0.4, -0.2) is 68.3 Å². The Labute approximate surface area is 394 Å². The highest BCUT2D eigenvalue weighted by Crippen LogP contribution is 2.18. The van der Waals surface area contributed by atoms with Crippen LogP contribution in [0.5, 0.6) is 0 Å². The normalized spacial score (nSPS) is 11.4. The van der Waals surface area contributed by atoms with Crippen LogP contribution in [0.15, 0.2) is 0 Å². The maximum atomic E-state index is 9.76. The maximum Gasteiger partial charge on any atom is 0.0784 e. The van der Waals surface area contributed by atoms with Crippen molar-refractivity contribution in [3.63, 3.8) is 0 Å². The quantitative estimate of drug-likeness (QED) is 0.0451. The predicted molar refractivity (Wildman–Crippen MR) is 271 cm³/mol. The summed E-state index contributed by atoms with van der Waals surface area (Å²) in [4.78, 5) is 9.76. The lowest BCUT2D eigenvalue weighted by atomic mass is 10.1. The second-order valence-electron chi connectivity index (χ2n) is 20.0. The van der Waals surface area contributed by atoms with Crippen LogP contribution in [0.1, 0.15) is 305 Å². The molecular formula is C56H119ClN2O2. The number of hydrogen-bond donors (Lipinski definition) is 0. The van der Waals surface area contributed by atoms with Crippen LogP contribution in [0, 0.1) is 0 Å². The van der Waals surface area contributed by atoms with E-state index in [1.807, 2.05) is 6.92 Å². The number of carbonyl (C=O) groups is 1. The van der Waals surface area contributed by atoms with Crippen molar-refractivity contribution in [2.75, 3.05) is 53.4 Å². The fourth-order valence-electron chi connectivity index (χ4n) is 8.83. The molecule has 0 aliphatic carbocycles. The number of nitrogens with zero attached hydrogens (tertiary/aromatic N) is 2. The van der Waals surface area contributed by atoms with E-state index in [0.717, 1.165) is 19.3 Å². The first kappa shape index (κ1) is 67.3. The highest BCUT2D eigenvalue weighted by molar-refractivity contribution is 5.64. The lowest BCUT2D eigenvalue weighted by molar-refractivity contribution is -0.910. The van der Waals surface area contributed by atoms with Crippen LogP contribution < -0.4 is 17.5 Å². The molecule has 0 N–H and O–H groups in total. The van der Waals surface area contributed by atoms with Crippen LogP contribution in [0.4, 0.5) is 0 Å². The Balaban J connectivity index is -0.000000445. The van der Waals surface area contributed by atoms with Gasteiger partial charge in [0.15, 0.2) is 0 Å². The highest BCUT2D eigenvalue weighted by atomic mass is 35.5. The van der Waals surface area contributed by atoms with Gasteiger partial charge in [-0.15, -0.1) is 0 Å². The van der Waals surface area contributed by atoms with Crippen LogP contribution in [0.25, 0.3) is 0 Å². The fraction of sp³-hybridized carbons (Fsp3) is 0.982. The molecule has 0 radical (unpaired) electrons. The van der Waals surface area contributed by atoms with Gasteiger partial charge < -0.3 is 31.3 Å². The van der Waals surface area contributed by atoms with Crippen molar-refractivity contribution in [1.82, 2.24) is 0 Å². The molecule has 0 bridgehead atoms. The summed E-state index contributed by atoms with van der Waals surface area (Å²) in [5.41, 5.74) is 0. The SMILES string of the molecule is CCCCCC(=O)[O-].CCCCCCCC[N+](C)(CCCCCCCC)CCCCCCCC.CCCCCCCC[N+](C)(CCCCCCCC)CCCCCCCC.[Cl-]. The molecule has 0 aromatic heterocycles. The highest BCUT2D eigenvalue weighted by Gasteiger charge is 2.21. The molecule has 0 aromatic carbocycles. The van der Waals surface area contributed by atoms with Gasteiger partial charge in [0.2, 0.25) is 0 Å². The third-order valence-electron chi connectivity index (χ3n) is 13.3. The molecule has 0 aliphatic heterocycles. The van der Waals surface area contributed by atoms with E-state index in [4.69, 9.17) is 0 Å². The Hall–Kier alpha value is -0.320. The smallest absolute Gasteiger partial charge is 0.0784 e. The van der Waals surface area contributed by atoms with Crippen molar-refractivity contribution in [2.45, 2.75) is 305 Å². The second kappa shape index (κ2) is 55.8.